The number of pyridine rings is 1. The topological polar surface area (TPSA) is 77.6 Å². The van der Waals surface area contributed by atoms with E-state index >= 15 is 0 Å². The van der Waals surface area contributed by atoms with E-state index in [1.807, 2.05) is 18.5 Å². The molecule has 3 N–H and O–H groups in total. The first-order chi connectivity index (χ1) is 15.1. The summed E-state index contributed by atoms with van der Waals surface area (Å²) in [4.78, 5) is 14.3. The van der Waals surface area contributed by atoms with E-state index in [9.17, 15) is 4.39 Å². The molecule has 4 rings (SSSR count). The number of benzene rings is 1. The van der Waals surface area contributed by atoms with Crippen molar-refractivity contribution in [3.05, 3.63) is 59.7 Å². The van der Waals surface area contributed by atoms with E-state index in [0.717, 1.165) is 59.9 Å². The number of guanidine groups is 1. The normalized spacial score (nSPS) is 17.2. The molecule has 3 heterocycles. The van der Waals surface area contributed by atoms with Crippen LogP contribution in [0, 0.1) is 5.82 Å². The average Bonchev–Trinajstić information content (AvgIpc) is 3.18. The Hall–Kier alpha value is -3.13. The third kappa shape index (κ3) is 5.32. The summed E-state index contributed by atoms with van der Waals surface area (Å²) >= 11 is 0. The highest BCUT2D eigenvalue weighted by atomic mass is 19.1. The van der Waals surface area contributed by atoms with Gasteiger partial charge in [0.1, 0.15) is 11.6 Å². The summed E-state index contributed by atoms with van der Waals surface area (Å²) in [7, 11) is 1.75. The first kappa shape index (κ1) is 21.1. The molecule has 164 valence electrons. The predicted molar refractivity (Wildman–Crippen MR) is 122 cm³/mol. The van der Waals surface area contributed by atoms with Crippen LogP contribution in [0.5, 0.6) is 0 Å². The molecular formula is C23H29FN6O. The SMILES string of the molecule is CN=C(NCCc1c[nH]c2ccc(F)cc12)NCc1ccnc(N2CCOC(C)C2)c1. The lowest BCUT2D eigenvalue weighted by Crippen LogP contribution is -2.41. The molecular weight excluding hydrogens is 395 g/mol. The molecule has 3 aromatic rings. The van der Waals surface area contributed by atoms with Crippen LogP contribution in [-0.4, -0.2) is 55.3 Å². The zero-order chi connectivity index (χ0) is 21.6. The lowest BCUT2D eigenvalue weighted by atomic mass is 10.1. The minimum atomic E-state index is -0.220. The fourth-order valence-electron chi connectivity index (χ4n) is 3.85. The molecule has 0 spiro atoms. The Morgan fingerprint density at radius 2 is 2.23 bits per heavy atom. The average molecular weight is 425 g/mol. The van der Waals surface area contributed by atoms with Crippen molar-refractivity contribution in [3.63, 3.8) is 0 Å². The van der Waals surface area contributed by atoms with Crippen molar-refractivity contribution < 1.29 is 9.13 Å². The summed E-state index contributed by atoms with van der Waals surface area (Å²) in [5, 5.41) is 7.60. The highest BCUT2D eigenvalue weighted by Crippen LogP contribution is 2.19. The van der Waals surface area contributed by atoms with E-state index in [2.05, 4.69) is 43.5 Å². The Kier molecular flexibility index (Phi) is 6.66. The van der Waals surface area contributed by atoms with Gasteiger partial charge in [-0.3, -0.25) is 4.99 Å². The first-order valence-corrected chi connectivity index (χ1v) is 10.6. The summed E-state index contributed by atoms with van der Waals surface area (Å²) in [5.41, 5.74) is 3.16. The molecule has 0 radical (unpaired) electrons. The van der Waals surface area contributed by atoms with Gasteiger partial charge in [0.25, 0.3) is 0 Å². The molecule has 7 nitrogen and oxygen atoms in total. The monoisotopic (exact) mass is 424 g/mol. The Labute approximate surface area is 181 Å². The van der Waals surface area contributed by atoms with Crippen LogP contribution in [0.15, 0.2) is 47.7 Å². The summed E-state index contributed by atoms with van der Waals surface area (Å²) in [6, 6.07) is 8.93. The largest absolute Gasteiger partial charge is 0.375 e. The number of rotatable bonds is 6. The van der Waals surface area contributed by atoms with E-state index in [-0.39, 0.29) is 11.9 Å². The zero-order valence-electron chi connectivity index (χ0n) is 18.0. The Bertz CT molecular complexity index is 1050. The molecule has 0 aliphatic carbocycles. The highest BCUT2D eigenvalue weighted by molar-refractivity contribution is 5.83. The van der Waals surface area contributed by atoms with Crippen LogP contribution in [0.3, 0.4) is 0 Å². The number of halogens is 1. The van der Waals surface area contributed by atoms with Gasteiger partial charge >= 0.3 is 0 Å². The molecule has 1 aliphatic rings. The van der Waals surface area contributed by atoms with Gasteiger partial charge in [-0.15, -0.1) is 0 Å². The number of H-pyrrole nitrogens is 1. The molecule has 0 saturated carbocycles. The molecule has 0 amide bonds. The number of ether oxygens (including phenoxy) is 1. The minimum absolute atomic E-state index is 0.217. The van der Waals surface area contributed by atoms with E-state index < -0.39 is 0 Å². The van der Waals surface area contributed by atoms with E-state index in [0.29, 0.717) is 13.1 Å². The molecule has 2 aromatic heterocycles. The highest BCUT2D eigenvalue weighted by Gasteiger charge is 2.18. The number of aliphatic imine (C=N–C) groups is 1. The molecule has 1 aromatic carbocycles. The van der Waals surface area contributed by atoms with Gasteiger partial charge in [-0.2, -0.15) is 0 Å². The number of anilines is 1. The van der Waals surface area contributed by atoms with Gasteiger partial charge in [0, 0.05) is 56.5 Å². The van der Waals surface area contributed by atoms with E-state index in [1.54, 1.807) is 19.2 Å². The lowest BCUT2D eigenvalue weighted by Gasteiger charge is -2.32. The van der Waals surface area contributed by atoms with Crippen LogP contribution >= 0.6 is 0 Å². The molecule has 1 atom stereocenters. The fraction of sp³-hybridized carbons (Fsp3) is 0.391. The van der Waals surface area contributed by atoms with Crippen molar-refractivity contribution in [1.29, 1.82) is 0 Å². The van der Waals surface area contributed by atoms with Gasteiger partial charge in [0.2, 0.25) is 0 Å². The third-order valence-corrected chi connectivity index (χ3v) is 5.47. The zero-order valence-corrected chi connectivity index (χ0v) is 18.0. The number of morpholine rings is 1. The number of fused-ring (bicyclic) bond motifs is 1. The Balaban J connectivity index is 1.29. The quantitative estimate of drug-likeness (QED) is 0.419. The van der Waals surface area contributed by atoms with Crippen molar-refractivity contribution in [2.45, 2.75) is 26.0 Å². The van der Waals surface area contributed by atoms with Crippen LogP contribution in [0.4, 0.5) is 10.2 Å². The number of nitrogens with zero attached hydrogens (tertiary/aromatic N) is 3. The van der Waals surface area contributed by atoms with Crippen molar-refractivity contribution >= 4 is 22.7 Å². The van der Waals surface area contributed by atoms with Gasteiger partial charge in [-0.25, -0.2) is 9.37 Å². The maximum Gasteiger partial charge on any atom is 0.191 e. The molecule has 8 heteroatoms. The molecule has 1 aliphatic heterocycles. The standard InChI is InChI=1S/C23H29FN6O/c1-16-15-30(9-10-31-16)22-11-17(5-7-26-22)13-29-23(25-2)27-8-6-18-14-28-21-4-3-19(24)12-20(18)21/h3-5,7,11-12,14,16,28H,6,8-10,13,15H2,1-2H3,(H2,25,27,29). The number of aromatic amines is 1. The smallest absolute Gasteiger partial charge is 0.191 e. The van der Waals surface area contributed by atoms with Crippen LogP contribution in [0.1, 0.15) is 18.1 Å². The number of nitrogens with one attached hydrogen (secondary N) is 3. The molecule has 1 fully saturated rings. The van der Waals surface area contributed by atoms with Gasteiger partial charge in [0.15, 0.2) is 5.96 Å². The van der Waals surface area contributed by atoms with Crippen LogP contribution in [0.2, 0.25) is 0 Å². The second-order valence-electron chi connectivity index (χ2n) is 7.76. The molecule has 1 unspecified atom stereocenters. The molecule has 1 saturated heterocycles. The Morgan fingerprint density at radius 1 is 1.32 bits per heavy atom. The number of hydrogen-bond acceptors (Lipinski definition) is 4. The second kappa shape index (κ2) is 9.78. The van der Waals surface area contributed by atoms with Crippen molar-refractivity contribution in [2.75, 3.05) is 38.2 Å². The summed E-state index contributed by atoms with van der Waals surface area (Å²) in [6.45, 7) is 5.86. The van der Waals surface area contributed by atoms with Crippen molar-refractivity contribution in [2.24, 2.45) is 4.99 Å². The first-order valence-electron chi connectivity index (χ1n) is 10.6. The van der Waals surface area contributed by atoms with E-state index in [1.165, 1.54) is 6.07 Å². The van der Waals surface area contributed by atoms with Crippen molar-refractivity contribution in [1.82, 2.24) is 20.6 Å². The summed E-state index contributed by atoms with van der Waals surface area (Å²) < 4.78 is 19.2. The van der Waals surface area contributed by atoms with Gasteiger partial charge in [-0.05, 0) is 54.8 Å². The molecule has 0 bridgehead atoms. The Morgan fingerprint density at radius 3 is 3.06 bits per heavy atom. The fourth-order valence-corrected chi connectivity index (χ4v) is 3.85. The van der Waals surface area contributed by atoms with Crippen molar-refractivity contribution in [3.8, 4) is 0 Å². The van der Waals surface area contributed by atoms with Crippen LogP contribution < -0.4 is 15.5 Å². The maximum atomic E-state index is 13.6. The predicted octanol–water partition coefficient (Wildman–Crippen LogP) is 2.83. The summed E-state index contributed by atoms with van der Waals surface area (Å²) in [5.74, 6) is 1.48. The van der Waals surface area contributed by atoms with Gasteiger partial charge < -0.3 is 25.3 Å². The number of hydrogen-bond donors (Lipinski definition) is 3. The summed E-state index contributed by atoms with van der Waals surface area (Å²) in [6.07, 6.45) is 4.76. The number of aromatic nitrogens is 2. The van der Waals surface area contributed by atoms with Crippen LogP contribution in [-0.2, 0) is 17.7 Å². The third-order valence-electron chi connectivity index (χ3n) is 5.47. The second-order valence-corrected chi connectivity index (χ2v) is 7.76. The lowest BCUT2D eigenvalue weighted by molar-refractivity contribution is 0.0529. The maximum absolute atomic E-state index is 13.6. The molecule has 31 heavy (non-hydrogen) atoms. The van der Waals surface area contributed by atoms with Gasteiger partial charge in [0.05, 0.1) is 12.7 Å². The van der Waals surface area contributed by atoms with Gasteiger partial charge in [-0.1, -0.05) is 0 Å². The minimum Gasteiger partial charge on any atom is -0.375 e. The van der Waals surface area contributed by atoms with E-state index in [4.69, 9.17) is 4.74 Å². The van der Waals surface area contributed by atoms with Crippen LogP contribution in [0.25, 0.3) is 10.9 Å².